The van der Waals surface area contributed by atoms with E-state index < -0.39 is 0 Å². The third-order valence-electron chi connectivity index (χ3n) is 9.19. The molecule has 0 saturated heterocycles. The summed E-state index contributed by atoms with van der Waals surface area (Å²) in [5.74, 6) is 0.891. The first-order chi connectivity index (χ1) is 23.9. The average molecular weight is 847 g/mol. The summed E-state index contributed by atoms with van der Waals surface area (Å²) in [4.78, 5) is 10.2. The van der Waals surface area contributed by atoms with Gasteiger partial charge in [-0.2, -0.15) is 5.26 Å². The van der Waals surface area contributed by atoms with E-state index in [1.165, 1.54) is 0 Å². The second-order valence-electron chi connectivity index (χ2n) is 14.8. The molecule has 5 nitrogen and oxygen atoms in total. The molecular formula is C45H39N4OPt-. The SMILES string of the molecule is CC(C)(C)c1cc(-c2cc(C#N)c(-c3ccccc3)cn2)[c-]c(-c2cccc3c2nc(-c2cccc(C(C)(C)C)c2O)n3-c2ccccc2)c1.[Pt]. The van der Waals surface area contributed by atoms with Crippen molar-refractivity contribution in [3.63, 3.8) is 0 Å². The van der Waals surface area contributed by atoms with E-state index >= 15 is 0 Å². The Morgan fingerprint density at radius 1 is 0.706 bits per heavy atom. The van der Waals surface area contributed by atoms with Gasteiger partial charge in [0.05, 0.1) is 28.2 Å². The predicted molar refractivity (Wildman–Crippen MR) is 203 cm³/mol. The fraction of sp³-hybridized carbons (Fsp3) is 0.178. The number of aromatic nitrogens is 3. The van der Waals surface area contributed by atoms with Crippen LogP contribution in [0, 0.1) is 17.4 Å². The molecule has 7 rings (SSSR count). The molecule has 51 heavy (non-hydrogen) atoms. The summed E-state index contributed by atoms with van der Waals surface area (Å²) in [6.07, 6.45) is 1.78. The minimum Gasteiger partial charge on any atom is -0.507 e. The zero-order valence-corrected chi connectivity index (χ0v) is 31.9. The van der Waals surface area contributed by atoms with Crippen molar-refractivity contribution in [3.05, 3.63) is 144 Å². The van der Waals surface area contributed by atoms with Gasteiger partial charge < -0.3 is 5.11 Å². The first kappa shape index (κ1) is 35.5. The van der Waals surface area contributed by atoms with Crippen molar-refractivity contribution in [1.29, 1.82) is 5.26 Å². The van der Waals surface area contributed by atoms with E-state index in [2.05, 4.69) is 94.6 Å². The van der Waals surface area contributed by atoms with Gasteiger partial charge in [0, 0.05) is 44.2 Å². The molecule has 5 aromatic carbocycles. The summed E-state index contributed by atoms with van der Waals surface area (Å²) < 4.78 is 2.12. The van der Waals surface area contributed by atoms with Crippen LogP contribution >= 0.6 is 0 Å². The molecule has 2 heterocycles. The van der Waals surface area contributed by atoms with Crippen LogP contribution in [0.5, 0.6) is 5.75 Å². The fourth-order valence-corrected chi connectivity index (χ4v) is 6.49. The van der Waals surface area contributed by atoms with Gasteiger partial charge in [0.15, 0.2) is 0 Å². The maximum Gasteiger partial charge on any atom is 0.148 e. The molecular weight excluding hydrogens is 808 g/mol. The average Bonchev–Trinajstić information content (AvgIpc) is 3.50. The van der Waals surface area contributed by atoms with Crippen molar-refractivity contribution in [1.82, 2.24) is 14.5 Å². The Kier molecular flexibility index (Phi) is 9.60. The predicted octanol–water partition coefficient (Wildman–Crippen LogP) is 11.1. The van der Waals surface area contributed by atoms with Crippen LogP contribution < -0.4 is 0 Å². The van der Waals surface area contributed by atoms with Gasteiger partial charge in [-0.1, -0.05) is 132 Å². The minimum absolute atomic E-state index is 0. The molecule has 6 heteroatoms. The van der Waals surface area contributed by atoms with Crippen molar-refractivity contribution in [2.24, 2.45) is 0 Å². The van der Waals surface area contributed by atoms with E-state index in [1.807, 2.05) is 78.9 Å². The van der Waals surface area contributed by atoms with Crippen LogP contribution in [0.3, 0.4) is 0 Å². The number of hydrogen-bond acceptors (Lipinski definition) is 4. The molecule has 0 aliphatic heterocycles. The molecule has 0 bridgehead atoms. The second kappa shape index (κ2) is 13.8. The molecule has 0 unspecified atom stereocenters. The number of phenolic OH excluding ortho intramolecular Hbond substituents is 1. The summed E-state index contributed by atoms with van der Waals surface area (Å²) in [5.41, 5.74) is 10.5. The molecule has 7 aromatic rings. The van der Waals surface area contributed by atoms with Crippen LogP contribution in [0.4, 0.5) is 0 Å². The largest absolute Gasteiger partial charge is 0.507 e. The van der Waals surface area contributed by atoms with Crippen molar-refractivity contribution in [3.8, 4) is 62.4 Å². The molecule has 0 spiro atoms. The first-order valence-corrected chi connectivity index (χ1v) is 16.9. The molecule has 1 N–H and O–H groups in total. The molecule has 0 saturated carbocycles. The van der Waals surface area contributed by atoms with Gasteiger partial charge in [0.25, 0.3) is 0 Å². The normalized spacial score (nSPS) is 11.6. The van der Waals surface area contributed by atoms with Crippen LogP contribution in [0.15, 0.2) is 121 Å². The van der Waals surface area contributed by atoms with E-state index in [1.54, 1.807) is 6.20 Å². The molecule has 0 radical (unpaired) electrons. The Hall–Kier alpha value is -5.30. The molecule has 0 amide bonds. The number of hydrogen-bond donors (Lipinski definition) is 1. The molecule has 256 valence electrons. The van der Waals surface area contributed by atoms with Gasteiger partial charge in [-0.3, -0.25) is 9.55 Å². The number of rotatable bonds is 5. The van der Waals surface area contributed by atoms with Gasteiger partial charge in [-0.25, -0.2) is 4.98 Å². The van der Waals surface area contributed by atoms with E-state index in [0.717, 1.165) is 55.7 Å². The van der Waals surface area contributed by atoms with E-state index in [4.69, 9.17) is 9.97 Å². The summed E-state index contributed by atoms with van der Waals surface area (Å²) in [6.45, 7) is 12.9. The van der Waals surface area contributed by atoms with Crippen molar-refractivity contribution in [2.45, 2.75) is 52.4 Å². The van der Waals surface area contributed by atoms with Gasteiger partial charge in [0.2, 0.25) is 0 Å². The second-order valence-corrected chi connectivity index (χ2v) is 14.8. The Bertz CT molecular complexity index is 2410. The number of phenols is 1. The number of aromatic hydroxyl groups is 1. The van der Waals surface area contributed by atoms with Crippen LogP contribution in [0.1, 0.15) is 58.2 Å². The van der Waals surface area contributed by atoms with Crippen LogP contribution in [0.25, 0.3) is 61.6 Å². The first-order valence-electron chi connectivity index (χ1n) is 16.9. The summed E-state index contributed by atoms with van der Waals surface area (Å²) in [6, 6.07) is 44.3. The molecule has 0 fully saturated rings. The van der Waals surface area contributed by atoms with Gasteiger partial charge in [-0.15, -0.1) is 29.3 Å². The molecule has 2 aromatic heterocycles. The topological polar surface area (TPSA) is 74.7 Å². The maximum absolute atomic E-state index is 11.7. The van der Waals surface area contributed by atoms with Gasteiger partial charge >= 0.3 is 0 Å². The van der Waals surface area contributed by atoms with Crippen molar-refractivity contribution in [2.75, 3.05) is 0 Å². The maximum atomic E-state index is 11.7. The van der Waals surface area contributed by atoms with Crippen molar-refractivity contribution < 1.29 is 26.2 Å². The zero-order chi connectivity index (χ0) is 35.2. The smallest absolute Gasteiger partial charge is 0.148 e. The summed E-state index contributed by atoms with van der Waals surface area (Å²) >= 11 is 0. The number of benzene rings is 5. The van der Waals surface area contributed by atoms with E-state index in [9.17, 15) is 10.4 Å². The third kappa shape index (κ3) is 6.77. The Morgan fingerprint density at radius 2 is 1.35 bits per heavy atom. The molecule has 0 aliphatic rings. The van der Waals surface area contributed by atoms with Crippen molar-refractivity contribution >= 4 is 11.0 Å². The third-order valence-corrected chi connectivity index (χ3v) is 9.19. The van der Waals surface area contributed by atoms with Crippen LogP contribution in [-0.2, 0) is 31.9 Å². The Morgan fingerprint density at radius 3 is 2.02 bits per heavy atom. The molecule has 0 atom stereocenters. The number of nitrogens with zero attached hydrogens (tertiary/aromatic N) is 4. The minimum atomic E-state index is -0.258. The van der Waals surface area contributed by atoms with E-state index in [0.29, 0.717) is 22.6 Å². The zero-order valence-electron chi connectivity index (χ0n) is 29.6. The number of fused-ring (bicyclic) bond motifs is 1. The van der Waals surface area contributed by atoms with E-state index in [-0.39, 0.29) is 37.6 Å². The number of imidazole rings is 1. The van der Waals surface area contributed by atoms with Gasteiger partial charge in [-0.05, 0) is 46.2 Å². The number of nitriles is 1. The number of pyridine rings is 1. The van der Waals surface area contributed by atoms with Gasteiger partial charge in [0.1, 0.15) is 11.6 Å². The Balaban J connectivity index is 0.00000448. The number of para-hydroxylation sites is 3. The summed E-state index contributed by atoms with van der Waals surface area (Å²) in [5, 5.41) is 21.9. The Labute approximate surface area is 314 Å². The fourth-order valence-electron chi connectivity index (χ4n) is 6.49. The summed E-state index contributed by atoms with van der Waals surface area (Å²) in [7, 11) is 0. The monoisotopic (exact) mass is 846 g/mol. The van der Waals surface area contributed by atoms with Crippen LogP contribution in [-0.4, -0.2) is 19.6 Å². The standard InChI is InChI=1S/C45H39N4O.Pt/c1-44(2,3)33-24-30(23-31(25-33)39-26-32(27-46)37(28-47-39)29-15-9-7-10-16-29)35-19-14-22-40-41(35)48-43(49(40)34-17-11-8-12-18-34)36-20-13-21-38(42(36)50)45(4,5)6;/h7-22,24-26,28,50H,1-6H3;/q-1;. The van der Waals surface area contributed by atoms with Crippen LogP contribution in [0.2, 0.25) is 0 Å². The molecule has 0 aliphatic carbocycles. The quantitative estimate of drug-likeness (QED) is 0.175.